The number of nitrogens with one attached hydrogen (secondary N) is 1. The molecule has 126 valence electrons. The van der Waals surface area contributed by atoms with Crippen LogP contribution in [0.1, 0.15) is 21.5 Å². The molecule has 1 saturated heterocycles. The number of benzene rings is 2. The highest BCUT2D eigenvalue weighted by atomic mass is 16.5. The van der Waals surface area contributed by atoms with Gasteiger partial charge in [-0.3, -0.25) is 9.69 Å². The number of ether oxygens (including phenoxy) is 1. The van der Waals surface area contributed by atoms with Crippen molar-refractivity contribution in [3.05, 3.63) is 71.3 Å². The number of carbonyl (C=O) groups is 1. The van der Waals surface area contributed by atoms with Crippen LogP contribution in [0.15, 0.2) is 54.6 Å². The van der Waals surface area contributed by atoms with Crippen LogP contribution in [-0.2, 0) is 17.7 Å². The molecule has 0 atom stereocenters. The van der Waals surface area contributed by atoms with E-state index in [1.807, 2.05) is 42.5 Å². The first kappa shape index (κ1) is 16.7. The lowest BCUT2D eigenvalue weighted by molar-refractivity contribution is 0.0342. The van der Waals surface area contributed by atoms with Gasteiger partial charge in [-0.15, -0.1) is 0 Å². The van der Waals surface area contributed by atoms with Crippen molar-refractivity contribution in [2.45, 2.75) is 13.0 Å². The predicted octanol–water partition coefficient (Wildman–Crippen LogP) is 2.49. The van der Waals surface area contributed by atoms with Crippen molar-refractivity contribution in [3.63, 3.8) is 0 Å². The summed E-state index contributed by atoms with van der Waals surface area (Å²) in [4.78, 5) is 14.6. The molecular weight excluding hydrogens is 300 g/mol. The number of rotatable bonds is 6. The van der Waals surface area contributed by atoms with Crippen molar-refractivity contribution in [3.8, 4) is 0 Å². The SMILES string of the molecule is O=C(NCCc1ccccc1)c1ccc(CN2CCOCC2)cc1. The van der Waals surface area contributed by atoms with Crippen molar-refractivity contribution >= 4 is 5.91 Å². The Labute approximate surface area is 143 Å². The molecule has 1 fully saturated rings. The minimum Gasteiger partial charge on any atom is -0.379 e. The molecule has 2 aromatic rings. The second kappa shape index (κ2) is 8.62. The minimum atomic E-state index is -0.0103. The number of nitrogens with zero attached hydrogens (tertiary/aromatic N) is 1. The summed E-state index contributed by atoms with van der Waals surface area (Å²) in [5.74, 6) is -0.0103. The van der Waals surface area contributed by atoms with Gasteiger partial charge in [0.25, 0.3) is 5.91 Å². The number of hydrogen-bond donors (Lipinski definition) is 1. The summed E-state index contributed by atoms with van der Waals surface area (Å²) in [6.07, 6.45) is 0.849. The lowest BCUT2D eigenvalue weighted by atomic mass is 10.1. The number of carbonyl (C=O) groups excluding carboxylic acids is 1. The molecule has 0 bridgehead atoms. The maximum absolute atomic E-state index is 12.2. The second-order valence-corrected chi connectivity index (χ2v) is 6.08. The van der Waals surface area contributed by atoms with Crippen LogP contribution in [0.25, 0.3) is 0 Å². The highest BCUT2D eigenvalue weighted by Gasteiger charge is 2.11. The van der Waals surface area contributed by atoms with Gasteiger partial charge in [0.2, 0.25) is 0 Å². The van der Waals surface area contributed by atoms with Gasteiger partial charge in [-0.2, -0.15) is 0 Å². The van der Waals surface area contributed by atoms with E-state index in [1.54, 1.807) is 0 Å². The Balaban J connectivity index is 1.46. The molecule has 1 N–H and O–H groups in total. The first-order chi connectivity index (χ1) is 11.8. The fraction of sp³-hybridized carbons (Fsp3) is 0.350. The molecular formula is C20H24N2O2. The maximum Gasteiger partial charge on any atom is 0.251 e. The van der Waals surface area contributed by atoms with E-state index in [0.29, 0.717) is 12.1 Å². The Morgan fingerprint density at radius 1 is 0.958 bits per heavy atom. The highest BCUT2D eigenvalue weighted by Crippen LogP contribution is 2.09. The molecule has 0 spiro atoms. The van der Waals surface area contributed by atoms with Gasteiger partial charge < -0.3 is 10.1 Å². The van der Waals surface area contributed by atoms with E-state index in [4.69, 9.17) is 4.74 Å². The Bertz CT molecular complexity index is 634. The molecule has 0 saturated carbocycles. The van der Waals surface area contributed by atoms with E-state index in [0.717, 1.165) is 39.3 Å². The van der Waals surface area contributed by atoms with Crippen LogP contribution < -0.4 is 5.32 Å². The highest BCUT2D eigenvalue weighted by molar-refractivity contribution is 5.94. The number of amides is 1. The molecule has 1 aliphatic heterocycles. The third-order valence-corrected chi connectivity index (χ3v) is 4.27. The largest absolute Gasteiger partial charge is 0.379 e. The molecule has 4 nitrogen and oxygen atoms in total. The average molecular weight is 324 g/mol. The van der Waals surface area contributed by atoms with Gasteiger partial charge in [0.1, 0.15) is 0 Å². The smallest absolute Gasteiger partial charge is 0.251 e. The Hall–Kier alpha value is -2.17. The molecule has 4 heteroatoms. The average Bonchev–Trinajstić information content (AvgIpc) is 2.64. The fourth-order valence-corrected chi connectivity index (χ4v) is 2.85. The summed E-state index contributed by atoms with van der Waals surface area (Å²) in [6.45, 7) is 5.13. The van der Waals surface area contributed by atoms with Crippen LogP contribution >= 0.6 is 0 Å². The standard InChI is InChI=1S/C20H24N2O2/c23-20(21-11-10-17-4-2-1-3-5-17)19-8-6-18(7-9-19)16-22-12-14-24-15-13-22/h1-9H,10-16H2,(H,21,23). The van der Waals surface area contributed by atoms with Crippen molar-refractivity contribution < 1.29 is 9.53 Å². The zero-order chi connectivity index (χ0) is 16.6. The van der Waals surface area contributed by atoms with Gasteiger partial charge >= 0.3 is 0 Å². The lowest BCUT2D eigenvalue weighted by Gasteiger charge is -2.26. The zero-order valence-electron chi connectivity index (χ0n) is 13.9. The Kier molecular flexibility index (Phi) is 5.99. The molecule has 1 heterocycles. The molecule has 0 radical (unpaired) electrons. The van der Waals surface area contributed by atoms with Gasteiger partial charge in [0, 0.05) is 31.7 Å². The summed E-state index contributed by atoms with van der Waals surface area (Å²) in [5, 5.41) is 2.98. The van der Waals surface area contributed by atoms with E-state index in [9.17, 15) is 4.79 Å². The van der Waals surface area contributed by atoms with E-state index >= 15 is 0 Å². The predicted molar refractivity (Wildman–Crippen MR) is 95.0 cm³/mol. The molecule has 24 heavy (non-hydrogen) atoms. The molecule has 0 unspecified atom stereocenters. The van der Waals surface area contributed by atoms with Crippen LogP contribution in [-0.4, -0.2) is 43.7 Å². The van der Waals surface area contributed by atoms with Crippen molar-refractivity contribution in [1.82, 2.24) is 10.2 Å². The molecule has 1 amide bonds. The molecule has 0 aromatic heterocycles. The zero-order valence-corrected chi connectivity index (χ0v) is 13.9. The summed E-state index contributed by atoms with van der Waals surface area (Å²) in [6, 6.07) is 18.1. The monoisotopic (exact) mass is 324 g/mol. The number of hydrogen-bond acceptors (Lipinski definition) is 3. The minimum absolute atomic E-state index is 0.0103. The van der Waals surface area contributed by atoms with Gasteiger partial charge in [-0.1, -0.05) is 42.5 Å². The van der Waals surface area contributed by atoms with Crippen molar-refractivity contribution in [2.24, 2.45) is 0 Å². The van der Waals surface area contributed by atoms with Gasteiger partial charge in [0.15, 0.2) is 0 Å². The van der Waals surface area contributed by atoms with E-state index < -0.39 is 0 Å². The summed E-state index contributed by atoms with van der Waals surface area (Å²) >= 11 is 0. The number of morpholine rings is 1. The van der Waals surface area contributed by atoms with Crippen molar-refractivity contribution in [1.29, 1.82) is 0 Å². The molecule has 1 aliphatic rings. The normalized spacial score (nSPS) is 15.2. The summed E-state index contributed by atoms with van der Waals surface area (Å²) in [5.41, 5.74) is 3.19. The van der Waals surface area contributed by atoms with Crippen LogP contribution in [0.2, 0.25) is 0 Å². The summed E-state index contributed by atoms with van der Waals surface area (Å²) in [7, 11) is 0. The van der Waals surface area contributed by atoms with Crippen LogP contribution in [0.4, 0.5) is 0 Å². The lowest BCUT2D eigenvalue weighted by Crippen LogP contribution is -2.35. The van der Waals surface area contributed by atoms with Crippen molar-refractivity contribution in [2.75, 3.05) is 32.8 Å². The van der Waals surface area contributed by atoms with Gasteiger partial charge in [-0.05, 0) is 29.7 Å². The Morgan fingerprint density at radius 2 is 1.67 bits per heavy atom. The van der Waals surface area contributed by atoms with E-state index in [-0.39, 0.29) is 5.91 Å². The first-order valence-electron chi connectivity index (χ1n) is 8.52. The molecule has 0 aliphatic carbocycles. The Morgan fingerprint density at radius 3 is 2.38 bits per heavy atom. The van der Waals surface area contributed by atoms with Gasteiger partial charge in [-0.25, -0.2) is 0 Å². The fourth-order valence-electron chi connectivity index (χ4n) is 2.85. The third-order valence-electron chi connectivity index (χ3n) is 4.27. The van der Waals surface area contributed by atoms with E-state index in [2.05, 4.69) is 22.3 Å². The topological polar surface area (TPSA) is 41.6 Å². The maximum atomic E-state index is 12.2. The molecule has 3 rings (SSSR count). The third kappa shape index (κ3) is 4.91. The van der Waals surface area contributed by atoms with Crippen LogP contribution in [0.3, 0.4) is 0 Å². The van der Waals surface area contributed by atoms with Gasteiger partial charge in [0.05, 0.1) is 13.2 Å². The second-order valence-electron chi connectivity index (χ2n) is 6.08. The van der Waals surface area contributed by atoms with Crippen LogP contribution in [0.5, 0.6) is 0 Å². The molecule has 2 aromatic carbocycles. The van der Waals surface area contributed by atoms with E-state index in [1.165, 1.54) is 11.1 Å². The summed E-state index contributed by atoms with van der Waals surface area (Å²) < 4.78 is 5.36. The first-order valence-corrected chi connectivity index (χ1v) is 8.52. The van der Waals surface area contributed by atoms with Crippen LogP contribution in [0, 0.1) is 0 Å². The quantitative estimate of drug-likeness (QED) is 0.888.